The van der Waals surface area contributed by atoms with Crippen LogP contribution in [0.5, 0.6) is 5.75 Å². The number of hydrogen-bond acceptors (Lipinski definition) is 1. The first-order chi connectivity index (χ1) is 7.34. The predicted molar refractivity (Wildman–Crippen MR) is 61.1 cm³/mol. The minimum absolute atomic E-state index is 0.264. The molecule has 0 N–H and O–H groups in total. The molecular weight excluding hydrogens is 184 g/mol. The highest BCUT2D eigenvalue weighted by atomic mass is 16.5. The van der Waals surface area contributed by atoms with Gasteiger partial charge >= 0.3 is 0 Å². The summed E-state index contributed by atoms with van der Waals surface area (Å²) in [5, 5.41) is 0. The van der Waals surface area contributed by atoms with E-state index in [1.54, 1.807) is 0 Å². The fourth-order valence-corrected chi connectivity index (χ4v) is 2.36. The Hall–Kier alpha value is -1.50. The SMILES string of the molecule is CC1=CC=CC2CC1Oc1ccccc12. The minimum atomic E-state index is 0.264. The molecule has 0 fully saturated rings. The van der Waals surface area contributed by atoms with Gasteiger partial charge in [-0.3, -0.25) is 0 Å². The fourth-order valence-electron chi connectivity index (χ4n) is 2.36. The van der Waals surface area contributed by atoms with Crippen LogP contribution < -0.4 is 4.74 Å². The van der Waals surface area contributed by atoms with Gasteiger partial charge in [-0.2, -0.15) is 0 Å². The number of fused-ring (bicyclic) bond motifs is 4. The average molecular weight is 198 g/mol. The Kier molecular flexibility index (Phi) is 1.91. The summed E-state index contributed by atoms with van der Waals surface area (Å²) in [5.41, 5.74) is 2.65. The molecule has 1 aliphatic heterocycles. The van der Waals surface area contributed by atoms with Crippen molar-refractivity contribution in [1.29, 1.82) is 0 Å². The normalized spacial score (nSPS) is 27.4. The third kappa shape index (κ3) is 1.39. The number of para-hydroxylation sites is 1. The molecule has 3 rings (SSSR count). The summed E-state index contributed by atoms with van der Waals surface area (Å²) in [6.07, 6.45) is 7.95. The number of ether oxygens (including phenoxy) is 1. The van der Waals surface area contributed by atoms with E-state index in [9.17, 15) is 0 Å². The Labute approximate surface area is 90.1 Å². The van der Waals surface area contributed by atoms with E-state index in [0.29, 0.717) is 5.92 Å². The number of rotatable bonds is 0. The maximum absolute atomic E-state index is 5.99. The average Bonchev–Trinajstić information content (AvgIpc) is 2.41. The monoisotopic (exact) mass is 198 g/mol. The summed E-state index contributed by atoms with van der Waals surface area (Å²) in [5.74, 6) is 1.58. The molecule has 15 heavy (non-hydrogen) atoms. The van der Waals surface area contributed by atoms with Crippen molar-refractivity contribution in [3.63, 3.8) is 0 Å². The third-order valence-electron chi connectivity index (χ3n) is 3.27. The van der Waals surface area contributed by atoms with Gasteiger partial charge in [-0.05, 0) is 25.0 Å². The van der Waals surface area contributed by atoms with Crippen molar-refractivity contribution in [3.05, 3.63) is 53.6 Å². The number of benzene rings is 1. The zero-order valence-corrected chi connectivity index (χ0v) is 8.81. The van der Waals surface area contributed by atoms with Crippen molar-refractivity contribution in [1.82, 2.24) is 0 Å². The second kappa shape index (κ2) is 3.27. The Morgan fingerprint density at radius 1 is 1.27 bits per heavy atom. The number of allylic oxidation sites excluding steroid dienone is 3. The van der Waals surface area contributed by atoms with E-state index in [1.807, 2.05) is 6.07 Å². The zero-order chi connectivity index (χ0) is 10.3. The largest absolute Gasteiger partial charge is 0.486 e. The maximum atomic E-state index is 5.99. The minimum Gasteiger partial charge on any atom is -0.486 e. The summed E-state index contributed by atoms with van der Waals surface area (Å²) in [7, 11) is 0. The van der Waals surface area contributed by atoms with Crippen LogP contribution in [-0.4, -0.2) is 6.10 Å². The molecule has 0 amide bonds. The summed E-state index contributed by atoms with van der Waals surface area (Å²) in [6.45, 7) is 2.14. The molecule has 1 aliphatic carbocycles. The molecule has 1 aromatic rings. The topological polar surface area (TPSA) is 9.23 Å². The smallest absolute Gasteiger partial charge is 0.124 e. The summed E-state index contributed by atoms with van der Waals surface area (Å²) >= 11 is 0. The van der Waals surface area contributed by atoms with Crippen LogP contribution >= 0.6 is 0 Å². The Morgan fingerprint density at radius 2 is 2.13 bits per heavy atom. The zero-order valence-electron chi connectivity index (χ0n) is 8.81. The lowest BCUT2D eigenvalue weighted by atomic mass is 9.89. The van der Waals surface area contributed by atoms with E-state index < -0.39 is 0 Å². The van der Waals surface area contributed by atoms with Crippen molar-refractivity contribution >= 4 is 0 Å². The highest BCUT2D eigenvalue weighted by molar-refractivity contribution is 5.43. The van der Waals surface area contributed by atoms with Crippen molar-refractivity contribution in [3.8, 4) is 5.75 Å². The summed E-state index contributed by atoms with van der Waals surface area (Å²) < 4.78 is 5.99. The van der Waals surface area contributed by atoms with E-state index >= 15 is 0 Å². The van der Waals surface area contributed by atoms with Crippen molar-refractivity contribution in [2.24, 2.45) is 0 Å². The van der Waals surface area contributed by atoms with Crippen LogP contribution in [0.25, 0.3) is 0 Å². The van der Waals surface area contributed by atoms with Crippen molar-refractivity contribution < 1.29 is 4.74 Å². The molecule has 0 spiro atoms. The highest BCUT2D eigenvalue weighted by Gasteiger charge is 2.28. The molecular formula is C14H14O. The molecule has 2 bridgehead atoms. The standard InChI is InChI=1S/C14H14O/c1-10-5-4-6-11-9-14(10)15-13-8-3-2-7-12(11)13/h2-8,11,14H,9H2,1H3. The molecule has 0 saturated carbocycles. The molecule has 2 unspecified atom stereocenters. The Morgan fingerprint density at radius 3 is 3.07 bits per heavy atom. The fraction of sp³-hybridized carbons (Fsp3) is 0.286. The Balaban J connectivity index is 2.10. The van der Waals surface area contributed by atoms with Gasteiger partial charge in [-0.15, -0.1) is 0 Å². The van der Waals surface area contributed by atoms with Crippen LogP contribution in [0.1, 0.15) is 24.8 Å². The molecule has 0 saturated heterocycles. The second-order valence-corrected chi connectivity index (χ2v) is 4.28. The lowest BCUT2D eigenvalue weighted by Gasteiger charge is -2.30. The first-order valence-corrected chi connectivity index (χ1v) is 5.45. The van der Waals surface area contributed by atoms with Crippen LogP contribution in [0.2, 0.25) is 0 Å². The van der Waals surface area contributed by atoms with Gasteiger partial charge in [-0.25, -0.2) is 0 Å². The van der Waals surface area contributed by atoms with Crippen molar-refractivity contribution in [2.45, 2.75) is 25.4 Å². The lowest BCUT2D eigenvalue weighted by molar-refractivity contribution is 0.200. The van der Waals surface area contributed by atoms with Crippen LogP contribution in [0.3, 0.4) is 0 Å². The summed E-state index contributed by atoms with van der Waals surface area (Å²) in [4.78, 5) is 0. The van der Waals surface area contributed by atoms with Gasteiger partial charge in [0.1, 0.15) is 11.9 Å². The maximum Gasteiger partial charge on any atom is 0.124 e. The van der Waals surface area contributed by atoms with Gasteiger partial charge in [0.25, 0.3) is 0 Å². The van der Waals surface area contributed by atoms with E-state index in [0.717, 1.165) is 12.2 Å². The van der Waals surface area contributed by atoms with Gasteiger partial charge in [-0.1, -0.05) is 36.4 Å². The molecule has 2 aliphatic rings. The second-order valence-electron chi connectivity index (χ2n) is 4.28. The number of hydrogen-bond donors (Lipinski definition) is 0. The molecule has 0 aromatic heterocycles. The molecule has 1 aromatic carbocycles. The molecule has 0 radical (unpaired) electrons. The van der Waals surface area contributed by atoms with Crippen LogP contribution in [0, 0.1) is 0 Å². The molecule has 2 atom stereocenters. The van der Waals surface area contributed by atoms with Crippen LogP contribution in [0.15, 0.2) is 48.1 Å². The van der Waals surface area contributed by atoms with Crippen LogP contribution in [-0.2, 0) is 0 Å². The van der Waals surface area contributed by atoms with Crippen LogP contribution in [0.4, 0.5) is 0 Å². The van der Waals surface area contributed by atoms with Gasteiger partial charge in [0.2, 0.25) is 0 Å². The molecule has 1 heteroatoms. The third-order valence-corrected chi connectivity index (χ3v) is 3.27. The molecule has 76 valence electrons. The molecule has 1 heterocycles. The summed E-state index contributed by atoms with van der Waals surface area (Å²) in [6, 6.07) is 8.36. The predicted octanol–water partition coefficient (Wildman–Crippen LogP) is 3.44. The molecule has 1 nitrogen and oxygen atoms in total. The first kappa shape index (κ1) is 8.78. The quantitative estimate of drug-likeness (QED) is 0.620. The van der Waals surface area contributed by atoms with Gasteiger partial charge in [0, 0.05) is 11.5 Å². The first-order valence-electron chi connectivity index (χ1n) is 5.45. The van der Waals surface area contributed by atoms with E-state index in [2.05, 4.69) is 43.4 Å². The van der Waals surface area contributed by atoms with E-state index in [-0.39, 0.29) is 6.10 Å². The van der Waals surface area contributed by atoms with Gasteiger partial charge < -0.3 is 4.74 Å². The Bertz CT molecular complexity index is 442. The lowest BCUT2D eigenvalue weighted by Crippen LogP contribution is -2.25. The highest BCUT2D eigenvalue weighted by Crippen LogP contribution is 2.39. The van der Waals surface area contributed by atoms with Gasteiger partial charge in [0.05, 0.1) is 0 Å². The van der Waals surface area contributed by atoms with Gasteiger partial charge in [0.15, 0.2) is 0 Å². The van der Waals surface area contributed by atoms with E-state index in [1.165, 1.54) is 11.1 Å². The van der Waals surface area contributed by atoms with Crippen molar-refractivity contribution in [2.75, 3.05) is 0 Å². The van der Waals surface area contributed by atoms with E-state index in [4.69, 9.17) is 4.74 Å².